The molecule has 0 saturated carbocycles. The molecule has 0 amide bonds. The van der Waals surface area contributed by atoms with E-state index in [0.717, 1.165) is 18.4 Å². The highest BCUT2D eigenvalue weighted by Gasteiger charge is 2.20. The first-order chi connectivity index (χ1) is 8.92. The monoisotopic (exact) mass is 346 g/mol. The predicted octanol–water partition coefficient (Wildman–Crippen LogP) is 4.83. The predicted molar refractivity (Wildman–Crippen MR) is 89.4 cm³/mol. The lowest BCUT2D eigenvalue weighted by Crippen LogP contribution is -2.35. The number of hydrogen-bond donors (Lipinski definition) is 0. The van der Waals surface area contributed by atoms with Gasteiger partial charge in [0, 0.05) is 28.7 Å². The summed E-state index contributed by atoms with van der Waals surface area (Å²) in [6.07, 6.45) is 2.42. The third-order valence-electron chi connectivity index (χ3n) is 3.49. The second-order valence-electron chi connectivity index (χ2n) is 6.01. The van der Waals surface area contributed by atoms with E-state index in [2.05, 4.69) is 60.8 Å². The van der Waals surface area contributed by atoms with Gasteiger partial charge in [-0.1, -0.05) is 50.5 Å². The van der Waals surface area contributed by atoms with Crippen molar-refractivity contribution in [2.24, 2.45) is 0 Å². The second-order valence-corrected chi connectivity index (χ2v) is 7.74. The largest absolute Gasteiger partial charge is 0.293 e. The van der Waals surface area contributed by atoms with Crippen LogP contribution >= 0.6 is 27.3 Å². The Morgan fingerprint density at radius 1 is 1.32 bits per heavy atom. The molecule has 0 unspecified atom stereocenters. The van der Waals surface area contributed by atoms with Gasteiger partial charge in [0.2, 0.25) is 0 Å². The summed E-state index contributed by atoms with van der Waals surface area (Å²) < 4.78 is 0. The minimum absolute atomic E-state index is 0.157. The Bertz CT molecular complexity index is 366. The molecule has 0 bridgehead atoms. The molecule has 4 heteroatoms. The van der Waals surface area contributed by atoms with Crippen molar-refractivity contribution in [2.75, 3.05) is 11.9 Å². The Balaban J connectivity index is 2.76. The van der Waals surface area contributed by atoms with Crippen molar-refractivity contribution in [2.45, 2.75) is 65.5 Å². The summed E-state index contributed by atoms with van der Waals surface area (Å²) in [6, 6.07) is 0.666. The van der Waals surface area contributed by atoms with Crippen LogP contribution in [0.2, 0.25) is 0 Å². The quantitative estimate of drug-likeness (QED) is 0.657. The highest BCUT2D eigenvalue weighted by Crippen LogP contribution is 2.25. The molecule has 0 aliphatic rings. The molecule has 110 valence electrons. The minimum atomic E-state index is 0.157. The van der Waals surface area contributed by atoms with E-state index in [1.807, 2.05) is 0 Å². The average Bonchev–Trinajstić information content (AvgIpc) is 2.79. The highest BCUT2D eigenvalue weighted by molar-refractivity contribution is 9.09. The van der Waals surface area contributed by atoms with Gasteiger partial charge in [0.25, 0.3) is 0 Å². The van der Waals surface area contributed by atoms with Crippen LogP contribution < -0.4 is 0 Å². The molecule has 0 saturated heterocycles. The van der Waals surface area contributed by atoms with Gasteiger partial charge in [-0.3, -0.25) is 4.90 Å². The number of nitrogens with zero attached hydrogens (tertiary/aromatic N) is 2. The summed E-state index contributed by atoms with van der Waals surface area (Å²) in [7, 11) is 0. The third-order valence-corrected chi connectivity index (χ3v) is 4.68. The zero-order valence-electron chi connectivity index (χ0n) is 12.9. The molecule has 0 atom stereocenters. The molecule has 19 heavy (non-hydrogen) atoms. The van der Waals surface area contributed by atoms with Crippen LogP contribution in [0.15, 0.2) is 5.38 Å². The van der Waals surface area contributed by atoms with Crippen molar-refractivity contribution >= 4 is 27.3 Å². The van der Waals surface area contributed by atoms with E-state index in [1.54, 1.807) is 11.3 Å². The van der Waals surface area contributed by atoms with Gasteiger partial charge in [-0.2, -0.15) is 0 Å². The Morgan fingerprint density at radius 2 is 1.95 bits per heavy atom. The average molecular weight is 347 g/mol. The molecule has 0 N–H and O–H groups in total. The molecule has 0 aromatic carbocycles. The Labute approximate surface area is 130 Å². The first-order valence-corrected chi connectivity index (χ1v) is 9.17. The zero-order chi connectivity index (χ0) is 14.5. The Kier molecular flexibility index (Phi) is 6.98. The summed E-state index contributed by atoms with van der Waals surface area (Å²) in [5, 5.41) is 4.49. The summed E-state index contributed by atoms with van der Waals surface area (Å²) in [6.45, 7) is 13.3. The standard InChI is InChI=1S/C15H27BrN2S/c1-6-12(7-2)18(9-8-16)10-14-17-13(11-19-14)15(3,4)5/h11-12H,6-10H2,1-5H3. The molecular formula is C15H27BrN2S. The molecule has 1 heterocycles. The fraction of sp³-hybridized carbons (Fsp3) is 0.800. The molecule has 1 aromatic heterocycles. The number of thiazole rings is 1. The third kappa shape index (κ3) is 5.16. The lowest BCUT2D eigenvalue weighted by atomic mass is 9.93. The maximum absolute atomic E-state index is 4.82. The van der Waals surface area contributed by atoms with Gasteiger partial charge in [-0.15, -0.1) is 11.3 Å². The van der Waals surface area contributed by atoms with Crippen molar-refractivity contribution in [3.63, 3.8) is 0 Å². The van der Waals surface area contributed by atoms with Crippen molar-refractivity contribution in [3.05, 3.63) is 16.1 Å². The number of hydrogen-bond acceptors (Lipinski definition) is 3. The van der Waals surface area contributed by atoms with Crippen LogP contribution in [0.4, 0.5) is 0 Å². The second kappa shape index (κ2) is 7.75. The van der Waals surface area contributed by atoms with E-state index in [9.17, 15) is 0 Å². The normalized spacial score (nSPS) is 12.6. The Hall–Kier alpha value is 0.0700. The molecule has 1 aromatic rings. The van der Waals surface area contributed by atoms with Gasteiger partial charge >= 0.3 is 0 Å². The fourth-order valence-corrected chi connectivity index (χ4v) is 3.71. The van der Waals surface area contributed by atoms with Crippen LogP contribution in [-0.4, -0.2) is 27.8 Å². The van der Waals surface area contributed by atoms with Crippen LogP contribution in [0.25, 0.3) is 0 Å². The smallest absolute Gasteiger partial charge is 0.107 e. The minimum Gasteiger partial charge on any atom is -0.293 e. The molecule has 0 radical (unpaired) electrons. The fourth-order valence-electron chi connectivity index (χ4n) is 2.21. The number of aromatic nitrogens is 1. The molecule has 0 aliphatic carbocycles. The first-order valence-electron chi connectivity index (χ1n) is 7.17. The molecular weight excluding hydrogens is 320 g/mol. The summed E-state index contributed by atoms with van der Waals surface area (Å²) in [5.41, 5.74) is 1.38. The van der Waals surface area contributed by atoms with Crippen LogP contribution in [0.5, 0.6) is 0 Å². The summed E-state index contributed by atoms with van der Waals surface area (Å²) in [4.78, 5) is 7.37. The van der Waals surface area contributed by atoms with E-state index in [0.29, 0.717) is 6.04 Å². The van der Waals surface area contributed by atoms with Crippen molar-refractivity contribution in [1.29, 1.82) is 0 Å². The van der Waals surface area contributed by atoms with Gasteiger partial charge < -0.3 is 0 Å². The SMILES string of the molecule is CCC(CC)N(CCBr)Cc1nc(C(C)(C)C)cs1. The molecule has 2 nitrogen and oxygen atoms in total. The lowest BCUT2D eigenvalue weighted by Gasteiger charge is -2.29. The maximum Gasteiger partial charge on any atom is 0.107 e. The van der Waals surface area contributed by atoms with Gasteiger partial charge in [-0.05, 0) is 12.8 Å². The lowest BCUT2D eigenvalue weighted by molar-refractivity contribution is 0.188. The zero-order valence-corrected chi connectivity index (χ0v) is 15.3. The number of rotatable bonds is 7. The number of alkyl halides is 1. The van der Waals surface area contributed by atoms with E-state index >= 15 is 0 Å². The van der Waals surface area contributed by atoms with Gasteiger partial charge in [0.15, 0.2) is 0 Å². The molecule has 0 fully saturated rings. The van der Waals surface area contributed by atoms with Crippen LogP contribution in [0, 0.1) is 0 Å². The van der Waals surface area contributed by atoms with Crippen LogP contribution in [0.1, 0.15) is 58.2 Å². The van der Waals surface area contributed by atoms with Gasteiger partial charge in [0.05, 0.1) is 12.2 Å². The maximum atomic E-state index is 4.82. The van der Waals surface area contributed by atoms with Crippen LogP contribution in [-0.2, 0) is 12.0 Å². The van der Waals surface area contributed by atoms with Gasteiger partial charge in [-0.25, -0.2) is 4.98 Å². The van der Waals surface area contributed by atoms with E-state index in [4.69, 9.17) is 4.98 Å². The van der Waals surface area contributed by atoms with E-state index in [-0.39, 0.29) is 5.41 Å². The van der Waals surface area contributed by atoms with Crippen molar-refractivity contribution < 1.29 is 0 Å². The number of halogens is 1. The first kappa shape index (κ1) is 17.1. The van der Waals surface area contributed by atoms with E-state index < -0.39 is 0 Å². The summed E-state index contributed by atoms with van der Waals surface area (Å²) in [5.74, 6) is 0. The summed E-state index contributed by atoms with van der Waals surface area (Å²) >= 11 is 5.37. The van der Waals surface area contributed by atoms with Gasteiger partial charge in [0.1, 0.15) is 5.01 Å². The molecule has 1 rings (SSSR count). The topological polar surface area (TPSA) is 16.1 Å². The molecule has 0 spiro atoms. The Morgan fingerprint density at radius 3 is 2.37 bits per heavy atom. The van der Waals surface area contributed by atoms with Crippen LogP contribution in [0.3, 0.4) is 0 Å². The molecule has 0 aliphatic heterocycles. The highest BCUT2D eigenvalue weighted by atomic mass is 79.9. The van der Waals surface area contributed by atoms with E-state index in [1.165, 1.54) is 23.5 Å². The van der Waals surface area contributed by atoms with Crippen molar-refractivity contribution in [3.8, 4) is 0 Å². The van der Waals surface area contributed by atoms with Crippen molar-refractivity contribution in [1.82, 2.24) is 9.88 Å².